The molecule has 128 valence electrons. The third-order valence-corrected chi connectivity index (χ3v) is 5.56. The van der Waals surface area contributed by atoms with Crippen molar-refractivity contribution in [1.82, 2.24) is 5.32 Å². The summed E-state index contributed by atoms with van der Waals surface area (Å²) in [6.07, 6.45) is 7.41. The highest BCUT2D eigenvalue weighted by Gasteiger charge is 2.19. The summed E-state index contributed by atoms with van der Waals surface area (Å²) in [6.45, 7) is 9.10. The molecule has 2 atom stereocenters. The van der Waals surface area contributed by atoms with Crippen molar-refractivity contribution in [3.05, 3.63) is 29.3 Å². The smallest absolute Gasteiger partial charge is 0.171 e. The molecule has 1 fully saturated rings. The van der Waals surface area contributed by atoms with Crippen molar-refractivity contribution in [2.24, 2.45) is 0 Å². The Morgan fingerprint density at radius 3 is 2.09 bits per heavy atom. The molecule has 0 aromatic heterocycles. The molecular weight excluding hydrogens is 300 g/mol. The molecule has 0 aliphatic heterocycles. The summed E-state index contributed by atoms with van der Waals surface area (Å²) in [5.74, 6) is 1.08. The monoisotopic (exact) mass is 332 g/mol. The summed E-state index contributed by atoms with van der Waals surface area (Å²) >= 11 is 5.62. The fourth-order valence-electron chi connectivity index (χ4n) is 3.40. The van der Waals surface area contributed by atoms with Crippen molar-refractivity contribution in [2.45, 2.75) is 84.1 Å². The van der Waals surface area contributed by atoms with Crippen LogP contribution in [0.15, 0.2) is 18.2 Å². The second-order valence-corrected chi connectivity index (χ2v) is 7.42. The number of rotatable bonds is 6. The first kappa shape index (κ1) is 18.3. The summed E-state index contributed by atoms with van der Waals surface area (Å²) in [5, 5.41) is 7.86. The van der Waals surface area contributed by atoms with Crippen LogP contribution in [0.4, 0.5) is 5.69 Å². The van der Waals surface area contributed by atoms with E-state index in [0.29, 0.717) is 17.9 Å². The van der Waals surface area contributed by atoms with Gasteiger partial charge in [-0.3, -0.25) is 0 Å². The van der Waals surface area contributed by atoms with Crippen molar-refractivity contribution in [2.75, 3.05) is 5.32 Å². The molecular formula is C20H32N2S. The van der Waals surface area contributed by atoms with E-state index < -0.39 is 0 Å². The van der Waals surface area contributed by atoms with Gasteiger partial charge in [-0.15, -0.1) is 0 Å². The van der Waals surface area contributed by atoms with E-state index in [1.165, 1.54) is 42.5 Å². The highest BCUT2D eigenvalue weighted by Crippen LogP contribution is 2.35. The van der Waals surface area contributed by atoms with E-state index in [1.807, 2.05) is 0 Å². The minimum atomic E-state index is 0.538. The molecule has 1 saturated carbocycles. The highest BCUT2D eigenvalue weighted by molar-refractivity contribution is 7.80. The van der Waals surface area contributed by atoms with Gasteiger partial charge in [-0.05, 0) is 60.9 Å². The van der Waals surface area contributed by atoms with Gasteiger partial charge >= 0.3 is 0 Å². The topological polar surface area (TPSA) is 24.1 Å². The van der Waals surface area contributed by atoms with Crippen LogP contribution in [0.1, 0.15) is 89.2 Å². The molecule has 2 N–H and O–H groups in total. The number of nitrogens with one attached hydrogen (secondary N) is 2. The van der Waals surface area contributed by atoms with Gasteiger partial charge in [-0.25, -0.2) is 0 Å². The predicted octanol–water partition coefficient (Wildman–Crippen LogP) is 5.94. The molecule has 1 aliphatic rings. The fourth-order valence-corrected chi connectivity index (χ4v) is 3.67. The Morgan fingerprint density at radius 1 is 1.09 bits per heavy atom. The van der Waals surface area contributed by atoms with E-state index in [9.17, 15) is 0 Å². The molecule has 0 saturated heterocycles. The van der Waals surface area contributed by atoms with Crippen LogP contribution in [0.3, 0.4) is 0 Å². The fraction of sp³-hybridized carbons (Fsp3) is 0.650. The predicted molar refractivity (Wildman–Crippen MR) is 105 cm³/mol. The first-order valence-corrected chi connectivity index (χ1v) is 9.67. The van der Waals surface area contributed by atoms with E-state index in [-0.39, 0.29) is 0 Å². The van der Waals surface area contributed by atoms with Gasteiger partial charge in [0.05, 0.1) is 0 Å². The molecule has 1 aromatic carbocycles. The standard InChI is InChI=1S/C20H32N2S/c1-5-14(3)17-12-9-13-18(15(4)6-2)19(17)22-20(23)21-16-10-7-8-11-16/h9,12-16H,5-8,10-11H2,1-4H3,(H2,21,22,23). The van der Waals surface area contributed by atoms with Crippen molar-refractivity contribution < 1.29 is 0 Å². The average molecular weight is 333 g/mol. The van der Waals surface area contributed by atoms with Gasteiger partial charge < -0.3 is 10.6 Å². The molecule has 0 spiro atoms. The Labute approximate surface area is 147 Å². The van der Waals surface area contributed by atoms with Crippen molar-refractivity contribution >= 4 is 23.0 Å². The zero-order valence-corrected chi connectivity index (χ0v) is 15.9. The lowest BCUT2D eigenvalue weighted by atomic mass is 9.89. The zero-order valence-electron chi connectivity index (χ0n) is 15.1. The second kappa shape index (κ2) is 8.68. The van der Waals surface area contributed by atoms with E-state index in [0.717, 1.165) is 18.0 Å². The van der Waals surface area contributed by atoms with Gasteiger partial charge in [0.1, 0.15) is 0 Å². The van der Waals surface area contributed by atoms with Gasteiger partial charge in [-0.2, -0.15) is 0 Å². The Kier molecular flexibility index (Phi) is 6.88. The molecule has 3 heteroatoms. The van der Waals surface area contributed by atoms with Crippen LogP contribution in [0.2, 0.25) is 0 Å². The minimum absolute atomic E-state index is 0.538. The van der Waals surface area contributed by atoms with Crippen LogP contribution in [-0.2, 0) is 0 Å². The molecule has 23 heavy (non-hydrogen) atoms. The molecule has 2 rings (SSSR count). The average Bonchev–Trinajstić information content (AvgIpc) is 3.06. The summed E-state index contributed by atoms with van der Waals surface area (Å²) in [6, 6.07) is 7.25. The number of anilines is 1. The zero-order chi connectivity index (χ0) is 16.8. The number of hydrogen-bond acceptors (Lipinski definition) is 1. The Morgan fingerprint density at radius 2 is 1.61 bits per heavy atom. The van der Waals surface area contributed by atoms with Crippen molar-refractivity contribution in [1.29, 1.82) is 0 Å². The number of benzene rings is 1. The third kappa shape index (κ3) is 4.69. The van der Waals surface area contributed by atoms with E-state index in [1.54, 1.807) is 0 Å². The second-order valence-electron chi connectivity index (χ2n) is 7.01. The molecule has 0 amide bonds. The maximum atomic E-state index is 5.62. The third-order valence-electron chi connectivity index (χ3n) is 5.34. The molecule has 2 unspecified atom stereocenters. The van der Waals surface area contributed by atoms with Gasteiger partial charge in [0, 0.05) is 11.7 Å². The summed E-state index contributed by atoms with van der Waals surface area (Å²) in [7, 11) is 0. The largest absolute Gasteiger partial charge is 0.360 e. The quantitative estimate of drug-likeness (QED) is 0.630. The normalized spacial score (nSPS) is 17.7. The minimum Gasteiger partial charge on any atom is -0.360 e. The van der Waals surface area contributed by atoms with E-state index in [4.69, 9.17) is 12.2 Å². The highest BCUT2D eigenvalue weighted by atomic mass is 32.1. The van der Waals surface area contributed by atoms with Crippen LogP contribution in [0, 0.1) is 0 Å². The number of hydrogen-bond donors (Lipinski definition) is 2. The molecule has 1 aromatic rings. The molecule has 2 nitrogen and oxygen atoms in total. The summed E-state index contributed by atoms with van der Waals surface area (Å²) in [5.41, 5.74) is 4.02. The Bertz CT molecular complexity index is 492. The maximum Gasteiger partial charge on any atom is 0.171 e. The molecule has 0 heterocycles. The van der Waals surface area contributed by atoms with Gasteiger partial charge in [0.2, 0.25) is 0 Å². The SMILES string of the molecule is CCC(C)c1cccc(C(C)CC)c1NC(=S)NC1CCCC1. The first-order valence-electron chi connectivity index (χ1n) is 9.27. The van der Waals surface area contributed by atoms with Crippen molar-refractivity contribution in [3.8, 4) is 0 Å². The summed E-state index contributed by atoms with van der Waals surface area (Å²) in [4.78, 5) is 0. The summed E-state index contributed by atoms with van der Waals surface area (Å²) < 4.78 is 0. The van der Waals surface area contributed by atoms with E-state index in [2.05, 4.69) is 56.5 Å². The lowest BCUT2D eigenvalue weighted by Crippen LogP contribution is -2.36. The van der Waals surface area contributed by atoms with Crippen LogP contribution in [-0.4, -0.2) is 11.2 Å². The first-order chi connectivity index (χ1) is 11.1. The van der Waals surface area contributed by atoms with Gasteiger partial charge in [0.15, 0.2) is 5.11 Å². The molecule has 0 bridgehead atoms. The van der Waals surface area contributed by atoms with Crippen LogP contribution in [0.5, 0.6) is 0 Å². The van der Waals surface area contributed by atoms with Crippen LogP contribution >= 0.6 is 12.2 Å². The van der Waals surface area contributed by atoms with Gasteiger partial charge in [-0.1, -0.05) is 58.7 Å². The Hall–Kier alpha value is -1.09. The van der Waals surface area contributed by atoms with Crippen molar-refractivity contribution in [3.63, 3.8) is 0 Å². The van der Waals surface area contributed by atoms with Crippen LogP contribution < -0.4 is 10.6 Å². The molecule has 0 radical (unpaired) electrons. The maximum absolute atomic E-state index is 5.62. The Balaban J connectivity index is 2.23. The molecule has 1 aliphatic carbocycles. The van der Waals surface area contributed by atoms with Crippen LogP contribution in [0.25, 0.3) is 0 Å². The number of para-hydroxylation sites is 1. The van der Waals surface area contributed by atoms with E-state index >= 15 is 0 Å². The lowest BCUT2D eigenvalue weighted by Gasteiger charge is -2.24. The lowest BCUT2D eigenvalue weighted by molar-refractivity contribution is 0.634. The van der Waals surface area contributed by atoms with Gasteiger partial charge in [0.25, 0.3) is 0 Å². The number of thiocarbonyl (C=S) groups is 1.